The zero-order valence-electron chi connectivity index (χ0n) is 15.7. The zero-order chi connectivity index (χ0) is 22.0. The summed E-state index contributed by atoms with van der Waals surface area (Å²) in [6, 6.07) is 18.0. The fourth-order valence-corrected chi connectivity index (χ4v) is 3.95. The van der Waals surface area contributed by atoms with Gasteiger partial charge in [0, 0.05) is 5.69 Å². The molecule has 10 heteroatoms. The molecule has 1 aromatic heterocycles. The number of fused-ring (bicyclic) bond motifs is 1. The van der Waals surface area contributed by atoms with Gasteiger partial charge >= 0.3 is 11.7 Å². The van der Waals surface area contributed by atoms with E-state index in [1.54, 1.807) is 18.2 Å². The van der Waals surface area contributed by atoms with Crippen molar-refractivity contribution in [1.29, 1.82) is 5.26 Å². The first-order chi connectivity index (χ1) is 14.8. The third-order valence-corrected chi connectivity index (χ3v) is 5.72. The summed E-state index contributed by atoms with van der Waals surface area (Å²) in [5.74, 6) is -0.418. The van der Waals surface area contributed by atoms with Crippen molar-refractivity contribution in [3.05, 3.63) is 88.3 Å². The van der Waals surface area contributed by atoms with E-state index < -0.39 is 21.7 Å². The molecular formula is C21H14N4O5S. The molecule has 0 aliphatic rings. The first-order valence-electron chi connectivity index (χ1n) is 8.91. The van der Waals surface area contributed by atoms with Crippen LogP contribution in [0.3, 0.4) is 0 Å². The minimum absolute atomic E-state index is 0.0314. The van der Waals surface area contributed by atoms with Crippen LogP contribution in [0.15, 0.2) is 76.4 Å². The van der Waals surface area contributed by atoms with Crippen LogP contribution < -0.4 is 15.1 Å². The summed E-state index contributed by atoms with van der Waals surface area (Å²) in [7, 11) is -3.92. The number of sulfonamides is 1. The molecule has 9 nitrogen and oxygen atoms in total. The molecule has 0 aliphatic carbocycles. The van der Waals surface area contributed by atoms with Crippen molar-refractivity contribution in [3.8, 4) is 11.8 Å². The van der Waals surface area contributed by atoms with E-state index in [1.807, 2.05) is 6.07 Å². The van der Waals surface area contributed by atoms with Gasteiger partial charge in [0.05, 0.1) is 33.1 Å². The summed E-state index contributed by atoms with van der Waals surface area (Å²) in [4.78, 5) is 28.6. The number of nitriles is 1. The van der Waals surface area contributed by atoms with Crippen LogP contribution in [0.1, 0.15) is 15.9 Å². The number of carbonyl (C=O) groups excluding carboxylic acids is 1. The Morgan fingerprint density at radius 2 is 1.71 bits per heavy atom. The number of esters is 1. The summed E-state index contributed by atoms with van der Waals surface area (Å²) >= 11 is 0. The number of aromatic nitrogens is 2. The van der Waals surface area contributed by atoms with Gasteiger partial charge in [-0.05, 0) is 60.7 Å². The van der Waals surface area contributed by atoms with Gasteiger partial charge in [-0.3, -0.25) is 4.72 Å². The van der Waals surface area contributed by atoms with Crippen molar-refractivity contribution in [3.63, 3.8) is 0 Å². The average molecular weight is 434 g/mol. The molecule has 4 aromatic rings. The Bertz CT molecular complexity index is 1500. The quantitative estimate of drug-likeness (QED) is 0.325. The Hall–Kier alpha value is -4.36. The number of hydrogen-bond donors (Lipinski definition) is 3. The van der Waals surface area contributed by atoms with E-state index in [2.05, 4.69) is 14.7 Å². The van der Waals surface area contributed by atoms with Crippen molar-refractivity contribution in [2.75, 3.05) is 4.72 Å². The molecule has 0 bridgehead atoms. The summed E-state index contributed by atoms with van der Waals surface area (Å²) in [6.45, 7) is 0. The smallest absolute Gasteiger partial charge is 0.343 e. The number of aromatic amines is 2. The normalized spacial score (nSPS) is 11.1. The van der Waals surface area contributed by atoms with Crippen molar-refractivity contribution in [2.24, 2.45) is 0 Å². The topological polar surface area (TPSA) is 145 Å². The van der Waals surface area contributed by atoms with Crippen molar-refractivity contribution in [2.45, 2.75) is 4.90 Å². The highest BCUT2D eigenvalue weighted by molar-refractivity contribution is 7.92. The molecule has 0 radical (unpaired) electrons. The summed E-state index contributed by atoms with van der Waals surface area (Å²) in [5.41, 5.74) is 1.23. The number of imidazole rings is 1. The highest BCUT2D eigenvalue weighted by atomic mass is 32.2. The van der Waals surface area contributed by atoms with Crippen LogP contribution in [0.4, 0.5) is 5.69 Å². The first kappa shape index (κ1) is 19.9. The van der Waals surface area contributed by atoms with E-state index in [-0.39, 0.29) is 21.9 Å². The second kappa shape index (κ2) is 7.81. The van der Waals surface area contributed by atoms with Crippen LogP contribution in [0.5, 0.6) is 5.75 Å². The second-order valence-electron chi connectivity index (χ2n) is 6.50. The number of H-pyrrole nitrogens is 2. The predicted octanol–water partition coefficient (Wildman–Crippen LogP) is 2.75. The minimum Gasteiger partial charge on any atom is -0.423 e. The Morgan fingerprint density at radius 3 is 2.45 bits per heavy atom. The third-order valence-electron chi connectivity index (χ3n) is 4.34. The predicted molar refractivity (Wildman–Crippen MR) is 112 cm³/mol. The van der Waals surface area contributed by atoms with Crippen molar-refractivity contribution >= 4 is 32.7 Å². The molecule has 1 heterocycles. The third kappa shape index (κ3) is 4.31. The van der Waals surface area contributed by atoms with E-state index in [1.165, 1.54) is 48.5 Å². The Morgan fingerprint density at radius 1 is 0.968 bits per heavy atom. The zero-order valence-corrected chi connectivity index (χ0v) is 16.6. The lowest BCUT2D eigenvalue weighted by molar-refractivity contribution is 0.0735. The lowest BCUT2D eigenvalue weighted by Crippen LogP contribution is -2.13. The Labute approximate surface area is 176 Å². The molecule has 0 amide bonds. The van der Waals surface area contributed by atoms with E-state index >= 15 is 0 Å². The molecule has 0 saturated heterocycles. The number of anilines is 1. The maximum Gasteiger partial charge on any atom is 0.343 e. The highest BCUT2D eigenvalue weighted by Gasteiger charge is 2.16. The second-order valence-corrected chi connectivity index (χ2v) is 8.18. The van der Waals surface area contributed by atoms with Gasteiger partial charge in [0.2, 0.25) is 0 Å². The molecular weight excluding hydrogens is 420 g/mol. The average Bonchev–Trinajstić information content (AvgIpc) is 3.13. The minimum atomic E-state index is -3.92. The molecule has 154 valence electrons. The summed E-state index contributed by atoms with van der Waals surface area (Å²) < 4.78 is 32.9. The van der Waals surface area contributed by atoms with Crippen molar-refractivity contribution < 1.29 is 17.9 Å². The number of rotatable bonds is 5. The van der Waals surface area contributed by atoms with E-state index in [0.717, 1.165) is 0 Å². The SMILES string of the molecule is N#Cc1cccc(OC(=O)c2ccc(NS(=O)(=O)c3ccc4[nH]c(=O)[nH]c4c3)cc2)c1. The van der Waals surface area contributed by atoms with Gasteiger partial charge in [-0.1, -0.05) is 6.07 Å². The van der Waals surface area contributed by atoms with E-state index in [9.17, 15) is 18.0 Å². The van der Waals surface area contributed by atoms with Crippen LogP contribution in [0.2, 0.25) is 0 Å². The molecule has 0 fully saturated rings. The number of nitrogens with one attached hydrogen (secondary N) is 3. The maximum atomic E-state index is 12.6. The van der Waals surface area contributed by atoms with E-state index in [4.69, 9.17) is 10.00 Å². The molecule has 3 N–H and O–H groups in total. The van der Waals surface area contributed by atoms with Gasteiger partial charge in [0.15, 0.2) is 0 Å². The fraction of sp³-hybridized carbons (Fsp3) is 0. The lowest BCUT2D eigenvalue weighted by atomic mass is 10.2. The molecule has 0 aliphatic heterocycles. The lowest BCUT2D eigenvalue weighted by Gasteiger charge is -2.09. The summed E-state index contributed by atoms with van der Waals surface area (Å²) in [5, 5.41) is 8.91. The molecule has 0 atom stereocenters. The monoisotopic (exact) mass is 434 g/mol. The van der Waals surface area contributed by atoms with Gasteiger partial charge in [-0.25, -0.2) is 18.0 Å². The van der Waals surface area contributed by atoms with E-state index in [0.29, 0.717) is 16.6 Å². The molecule has 0 spiro atoms. The number of nitrogens with zero attached hydrogens (tertiary/aromatic N) is 1. The number of carbonyl (C=O) groups is 1. The fourth-order valence-electron chi connectivity index (χ4n) is 2.86. The van der Waals surface area contributed by atoms with Crippen LogP contribution in [-0.2, 0) is 10.0 Å². The van der Waals surface area contributed by atoms with Crippen LogP contribution in [0, 0.1) is 11.3 Å². The van der Waals surface area contributed by atoms with Gasteiger partial charge in [0.1, 0.15) is 5.75 Å². The molecule has 31 heavy (non-hydrogen) atoms. The van der Waals surface area contributed by atoms with Crippen LogP contribution in [-0.4, -0.2) is 24.4 Å². The van der Waals surface area contributed by atoms with Gasteiger partial charge in [-0.2, -0.15) is 5.26 Å². The largest absolute Gasteiger partial charge is 0.423 e. The maximum absolute atomic E-state index is 12.6. The highest BCUT2D eigenvalue weighted by Crippen LogP contribution is 2.20. The molecule has 3 aromatic carbocycles. The standard InChI is InChI=1S/C21H14N4O5S/c22-12-13-2-1-3-16(10-13)30-20(26)14-4-6-15(7-5-14)25-31(28,29)17-8-9-18-19(11-17)24-21(27)23-18/h1-11,25H,(H2,23,24,27). The first-order valence-corrected chi connectivity index (χ1v) is 10.4. The van der Waals surface area contributed by atoms with Gasteiger partial charge < -0.3 is 14.7 Å². The molecule has 0 saturated carbocycles. The Balaban J connectivity index is 1.49. The van der Waals surface area contributed by atoms with Crippen LogP contribution >= 0.6 is 0 Å². The number of hydrogen-bond acceptors (Lipinski definition) is 6. The molecule has 0 unspecified atom stereocenters. The molecule has 4 rings (SSSR count). The van der Waals surface area contributed by atoms with Crippen LogP contribution in [0.25, 0.3) is 11.0 Å². The van der Waals surface area contributed by atoms with Crippen molar-refractivity contribution in [1.82, 2.24) is 9.97 Å². The summed E-state index contributed by atoms with van der Waals surface area (Å²) in [6.07, 6.45) is 0. The number of benzene rings is 3. The van der Waals surface area contributed by atoms with Gasteiger partial charge in [-0.15, -0.1) is 0 Å². The Kier molecular flexibility index (Phi) is 5.02. The number of ether oxygens (including phenoxy) is 1. The van der Waals surface area contributed by atoms with Gasteiger partial charge in [0.25, 0.3) is 10.0 Å².